The first-order chi connectivity index (χ1) is 17.5. The van der Waals surface area contributed by atoms with Gasteiger partial charge in [-0.05, 0) is 79.1 Å². The summed E-state index contributed by atoms with van der Waals surface area (Å²) in [5.74, 6) is -0.685. The molecule has 0 unspecified atom stereocenters. The number of halogens is 2. The van der Waals surface area contributed by atoms with Crippen molar-refractivity contribution in [3.8, 4) is 0 Å². The van der Waals surface area contributed by atoms with Crippen molar-refractivity contribution < 1.29 is 21.6 Å². The van der Waals surface area contributed by atoms with Crippen LogP contribution < -0.4 is 10.0 Å². The van der Waals surface area contributed by atoms with Crippen LogP contribution in [-0.4, -0.2) is 40.1 Å². The number of piperidine rings is 1. The first kappa shape index (κ1) is 27.6. The van der Waals surface area contributed by atoms with E-state index in [9.17, 15) is 21.6 Å². The van der Waals surface area contributed by atoms with E-state index in [1.165, 1.54) is 28.6 Å². The van der Waals surface area contributed by atoms with Crippen LogP contribution in [0.3, 0.4) is 0 Å². The van der Waals surface area contributed by atoms with Crippen molar-refractivity contribution in [3.63, 3.8) is 0 Å². The molecule has 0 atom stereocenters. The van der Waals surface area contributed by atoms with Crippen molar-refractivity contribution in [1.29, 1.82) is 0 Å². The molecule has 1 amide bonds. The van der Waals surface area contributed by atoms with Crippen LogP contribution >= 0.6 is 27.5 Å². The molecule has 1 aliphatic heterocycles. The van der Waals surface area contributed by atoms with Gasteiger partial charge < -0.3 is 5.32 Å². The number of carbonyl (C=O) groups is 1. The average molecular weight is 627 g/mol. The van der Waals surface area contributed by atoms with Gasteiger partial charge in [-0.2, -0.15) is 0 Å². The van der Waals surface area contributed by atoms with Gasteiger partial charge in [-0.1, -0.05) is 39.7 Å². The van der Waals surface area contributed by atoms with Crippen molar-refractivity contribution in [1.82, 2.24) is 4.31 Å². The van der Waals surface area contributed by atoms with Crippen molar-refractivity contribution in [2.24, 2.45) is 5.92 Å². The fraction of sp³-hybridized carbons (Fsp3) is 0.240. The molecule has 0 saturated carbocycles. The second-order valence-electron chi connectivity index (χ2n) is 8.68. The monoisotopic (exact) mass is 625 g/mol. The molecule has 8 nitrogen and oxygen atoms in total. The van der Waals surface area contributed by atoms with E-state index in [1.807, 2.05) is 0 Å². The normalized spacial score (nSPS) is 15.3. The van der Waals surface area contributed by atoms with Crippen molar-refractivity contribution in [2.75, 3.05) is 23.1 Å². The Balaban J connectivity index is 1.30. The molecule has 0 radical (unpaired) electrons. The molecule has 12 heteroatoms. The molecule has 196 valence electrons. The summed E-state index contributed by atoms with van der Waals surface area (Å²) in [5.41, 5.74) is 1.55. The Labute approximate surface area is 230 Å². The summed E-state index contributed by atoms with van der Waals surface area (Å²) in [7, 11) is -7.29. The number of amides is 1. The molecule has 0 aromatic heterocycles. The SMILES string of the molecule is O=C(Nc1ccc(S(=O)(=O)Nc2ccc(Br)cc2)cc1)C1CCN(S(=O)(=O)Cc2ccc(Cl)cc2)CC1. The quantitative estimate of drug-likeness (QED) is 0.362. The van der Waals surface area contributed by atoms with E-state index in [0.717, 1.165) is 4.47 Å². The number of nitrogens with zero attached hydrogens (tertiary/aromatic N) is 1. The number of rotatable bonds is 8. The van der Waals surface area contributed by atoms with Gasteiger partial charge in [0.1, 0.15) is 0 Å². The van der Waals surface area contributed by atoms with E-state index in [2.05, 4.69) is 26.0 Å². The molecule has 1 aliphatic rings. The van der Waals surface area contributed by atoms with E-state index >= 15 is 0 Å². The van der Waals surface area contributed by atoms with Gasteiger partial charge in [-0.3, -0.25) is 9.52 Å². The number of hydrogen-bond acceptors (Lipinski definition) is 5. The molecule has 4 rings (SSSR count). The highest BCUT2D eigenvalue weighted by Gasteiger charge is 2.31. The van der Waals surface area contributed by atoms with Crippen LogP contribution in [0.4, 0.5) is 11.4 Å². The zero-order valence-electron chi connectivity index (χ0n) is 19.6. The lowest BCUT2D eigenvalue weighted by Gasteiger charge is -2.30. The van der Waals surface area contributed by atoms with Gasteiger partial charge in [0.2, 0.25) is 15.9 Å². The fourth-order valence-corrected chi connectivity index (χ4v) is 6.98. The van der Waals surface area contributed by atoms with Gasteiger partial charge in [0, 0.05) is 39.9 Å². The number of anilines is 2. The standard InChI is InChI=1S/C25H25BrClN3O5S2/c26-20-3-7-23(8-4-20)29-37(34,35)24-11-9-22(10-12-24)28-25(31)19-13-15-30(16-14-19)36(32,33)17-18-1-5-21(27)6-2-18/h1-12,19,29H,13-17H2,(H,28,31). The zero-order valence-corrected chi connectivity index (χ0v) is 23.6. The van der Waals surface area contributed by atoms with Gasteiger partial charge in [-0.15, -0.1) is 0 Å². The second-order valence-corrected chi connectivity index (χ2v) is 13.7. The highest BCUT2D eigenvalue weighted by molar-refractivity contribution is 9.10. The molecule has 1 fully saturated rings. The maximum atomic E-state index is 12.8. The molecule has 3 aromatic carbocycles. The van der Waals surface area contributed by atoms with Crippen LogP contribution in [0.15, 0.2) is 82.2 Å². The predicted octanol–water partition coefficient (Wildman–Crippen LogP) is 5.08. The van der Waals surface area contributed by atoms with Gasteiger partial charge in [0.15, 0.2) is 0 Å². The minimum absolute atomic E-state index is 0.0626. The summed E-state index contributed by atoms with van der Waals surface area (Å²) in [6.07, 6.45) is 0.796. The van der Waals surface area contributed by atoms with E-state index in [0.29, 0.717) is 34.8 Å². The molecule has 1 heterocycles. The Bertz CT molecular complexity index is 1460. The lowest BCUT2D eigenvalue weighted by atomic mass is 9.97. The third-order valence-electron chi connectivity index (χ3n) is 6.01. The van der Waals surface area contributed by atoms with Crippen LogP contribution in [0.25, 0.3) is 0 Å². The third kappa shape index (κ3) is 7.32. The molecule has 0 spiro atoms. The zero-order chi connectivity index (χ0) is 26.6. The minimum atomic E-state index is -3.78. The number of carbonyl (C=O) groups excluding carboxylic acids is 1. The van der Waals surface area contributed by atoms with E-state index in [1.54, 1.807) is 48.5 Å². The molecule has 37 heavy (non-hydrogen) atoms. The molecule has 3 aromatic rings. The molecule has 1 saturated heterocycles. The van der Waals surface area contributed by atoms with Gasteiger partial charge in [-0.25, -0.2) is 21.1 Å². The Morgan fingerprint density at radius 3 is 2.03 bits per heavy atom. The van der Waals surface area contributed by atoms with E-state index in [4.69, 9.17) is 11.6 Å². The summed E-state index contributed by atoms with van der Waals surface area (Å²) < 4.78 is 55.6. The lowest BCUT2D eigenvalue weighted by molar-refractivity contribution is -0.120. The maximum Gasteiger partial charge on any atom is 0.261 e. The maximum absolute atomic E-state index is 12.8. The topological polar surface area (TPSA) is 113 Å². The molecular weight excluding hydrogens is 602 g/mol. The number of hydrogen-bond donors (Lipinski definition) is 2. The van der Waals surface area contributed by atoms with Crippen LogP contribution in [0, 0.1) is 5.92 Å². The predicted molar refractivity (Wildman–Crippen MR) is 148 cm³/mol. The summed E-state index contributed by atoms with van der Waals surface area (Å²) in [6.45, 7) is 0.514. The van der Waals surface area contributed by atoms with Crippen molar-refractivity contribution in [3.05, 3.63) is 87.9 Å². The van der Waals surface area contributed by atoms with Gasteiger partial charge in [0.05, 0.1) is 10.6 Å². The Morgan fingerprint density at radius 1 is 0.865 bits per heavy atom. The smallest absolute Gasteiger partial charge is 0.261 e. The highest BCUT2D eigenvalue weighted by Crippen LogP contribution is 2.25. The second kappa shape index (κ2) is 11.5. The summed E-state index contributed by atoms with van der Waals surface area (Å²) in [4.78, 5) is 12.8. The molecule has 0 bridgehead atoms. The molecular formula is C25H25BrClN3O5S2. The fourth-order valence-electron chi connectivity index (χ4n) is 3.97. The Hall–Kier alpha value is -2.44. The summed E-state index contributed by atoms with van der Waals surface area (Å²) >= 11 is 9.18. The van der Waals surface area contributed by atoms with Crippen molar-refractivity contribution >= 4 is 64.9 Å². The van der Waals surface area contributed by atoms with Gasteiger partial charge in [0.25, 0.3) is 10.0 Å². The first-order valence-electron chi connectivity index (χ1n) is 11.4. The number of benzene rings is 3. The number of sulfonamides is 2. The molecule has 0 aliphatic carbocycles. The van der Waals surface area contributed by atoms with Crippen LogP contribution in [-0.2, 0) is 30.6 Å². The van der Waals surface area contributed by atoms with Crippen LogP contribution in [0.2, 0.25) is 5.02 Å². The Kier molecular flexibility index (Phi) is 8.59. The largest absolute Gasteiger partial charge is 0.326 e. The summed E-state index contributed by atoms with van der Waals surface area (Å²) in [6, 6.07) is 19.3. The lowest BCUT2D eigenvalue weighted by Crippen LogP contribution is -2.41. The highest BCUT2D eigenvalue weighted by atomic mass is 79.9. The first-order valence-corrected chi connectivity index (χ1v) is 15.7. The Morgan fingerprint density at radius 2 is 1.43 bits per heavy atom. The van der Waals surface area contributed by atoms with Crippen LogP contribution in [0.5, 0.6) is 0 Å². The molecule has 2 N–H and O–H groups in total. The van der Waals surface area contributed by atoms with E-state index in [-0.39, 0.29) is 35.6 Å². The van der Waals surface area contributed by atoms with Crippen molar-refractivity contribution in [2.45, 2.75) is 23.5 Å². The average Bonchev–Trinajstić information content (AvgIpc) is 2.87. The van der Waals surface area contributed by atoms with Crippen LogP contribution in [0.1, 0.15) is 18.4 Å². The summed E-state index contributed by atoms with van der Waals surface area (Å²) in [5, 5.41) is 3.35. The van der Waals surface area contributed by atoms with Gasteiger partial charge >= 0.3 is 0 Å². The minimum Gasteiger partial charge on any atom is -0.326 e. The third-order valence-corrected chi connectivity index (χ3v) is 10.0. The number of nitrogens with one attached hydrogen (secondary N) is 2. The van der Waals surface area contributed by atoms with E-state index < -0.39 is 20.0 Å².